The average molecular weight is 515 g/mol. The molecule has 0 aliphatic carbocycles. The van der Waals surface area contributed by atoms with Gasteiger partial charge in [-0.15, -0.1) is 0 Å². The number of rotatable bonds is 2. The SMILES string of the molecule is CC(C)(C)OC(=O)N1C[C@H](S)C[C@H]1CO.COC(=O)[C@@H]1C[C@@H](C)CN1C(=O)OC(C)(C)C.[AlH3].[H-].[Li+]. The fourth-order valence-corrected chi connectivity index (χ4v) is 3.96. The van der Waals surface area contributed by atoms with E-state index in [1.165, 1.54) is 12.0 Å². The maximum absolute atomic E-state index is 11.9. The molecule has 34 heavy (non-hydrogen) atoms. The molecule has 0 radical (unpaired) electrons. The van der Waals surface area contributed by atoms with Gasteiger partial charge < -0.3 is 25.6 Å². The third kappa shape index (κ3) is 11.9. The van der Waals surface area contributed by atoms with Crippen LogP contribution in [0.4, 0.5) is 9.59 Å². The minimum Gasteiger partial charge on any atom is -1.00 e. The molecule has 2 rings (SSSR count). The van der Waals surface area contributed by atoms with Gasteiger partial charge in [0.1, 0.15) is 17.2 Å². The first-order chi connectivity index (χ1) is 14.6. The summed E-state index contributed by atoms with van der Waals surface area (Å²) in [4.78, 5) is 38.3. The summed E-state index contributed by atoms with van der Waals surface area (Å²) < 4.78 is 15.2. The van der Waals surface area contributed by atoms with Crippen LogP contribution in [0.1, 0.15) is 62.7 Å². The van der Waals surface area contributed by atoms with Gasteiger partial charge in [-0.3, -0.25) is 4.90 Å². The molecule has 0 spiro atoms. The Morgan fingerprint density at radius 1 is 0.971 bits per heavy atom. The van der Waals surface area contributed by atoms with Crippen molar-refractivity contribution in [2.45, 2.75) is 89.8 Å². The number of aliphatic hydroxyl groups excluding tert-OH is 1. The first-order valence-electron chi connectivity index (χ1n) is 10.9. The first-order valence-corrected chi connectivity index (χ1v) is 11.5. The summed E-state index contributed by atoms with van der Waals surface area (Å²) in [6.07, 6.45) is 0.542. The molecule has 1 N–H and O–H groups in total. The van der Waals surface area contributed by atoms with Crippen molar-refractivity contribution in [2.75, 3.05) is 26.8 Å². The van der Waals surface area contributed by atoms with Gasteiger partial charge in [0, 0.05) is 18.3 Å². The summed E-state index contributed by atoms with van der Waals surface area (Å²) in [5, 5.41) is 9.25. The molecular formula is C22H44AlLiN2O7S. The van der Waals surface area contributed by atoms with E-state index in [0.717, 1.165) is 6.42 Å². The Hall–Kier alpha value is -0.550. The third-order valence-electron chi connectivity index (χ3n) is 4.84. The third-order valence-corrected chi connectivity index (χ3v) is 5.22. The van der Waals surface area contributed by atoms with Crippen LogP contribution in [-0.2, 0) is 19.0 Å². The van der Waals surface area contributed by atoms with E-state index < -0.39 is 23.3 Å². The molecule has 12 heteroatoms. The zero-order valence-corrected chi connectivity index (χ0v) is 22.5. The number of methoxy groups -OCH3 is 1. The van der Waals surface area contributed by atoms with Crippen LogP contribution in [-0.4, -0.2) is 106 Å². The standard InChI is InChI=1S/C12H21NO4.C10H19NO3S.Al.Li.4H/c1-8-6-9(10(14)16-5)13(7-8)11(15)17-12(2,3)4;1-10(2,3)14-9(13)11-5-8(15)4-7(11)6-12;;;;;;/h8-9H,6-7H2,1-5H3;7-8,12,15H,4-6H2,1-3H3;;;;;;/q;;;+1;;;;-1/t8-,9+;7-,8+;;;;;;/m10....../s1. The van der Waals surface area contributed by atoms with Gasteiger partial charge in [-0.05, 0) is 60.3 Å². The van der Waals surface area contributed by atoms with Crippen LogP contribution < -0.4 is 18.9 Å². The van der Waals surface area contributed by atoms with Crippen molar-refractivity contribution in [3.8, 4) is 0 Å². The molecule has 2 saturated heterocycles. The molecule has 2 heterocycles. The number of amides is 2. The van der Waals surface area contributed by atoms with E-state index in [1.807, 2.05) is 27.7 Å². The van der Waals surface area contributed by atoms with Crippen molar-refractivity contribution in [2.24, 2.45) is 5.92 Å². The van der Waals surface area contributed by atoms with Gasteiger partial charge in [0.25, 0.3) is 0 Å². The van der Waals surface area contributed by atoms with Gasteiger partial charge in [-0.2, -0.15) is 12.6 Å². The number of hydrogen-bond donors (Lipinski definition) is 2. The number of thiol groups is 1. The molecule has 2 fully saturated rings. The van der Waals surface area contributed by atoms with Crippen molar-refractivity contribution in [1.29, 1.82) is 0 Å². The van der Waals surface area contributed by atoms with Crippen molar-refractivity contribution in [1.82, 2.24) is 9.80 Å². The quantitative estimate of drug-likeness (QED) is 0.211. The van der Waals surface area contributed by atoms with E-state index in [-0.39, 0.29) is 73.5 Å². The number of carbonyl (C=O) groups is 3. The van der Waals surface area contributed by atoms with Crippen LogP contribution in [0.15, 0.2) is 0 Å². The Kier molecular flexibility index (Phi) is 15.6. The summed E-state index contributed by atoms with van der Waals surface area (Å²) >= 11 is 4.31. The van der Waals surface area contributed by atoms with E-state index >= 15 is 0 Å². The predicted molar refractivity (Wildman–Crippen MR) is 135 cm³/mol. The minimum atomic E-state index is -0.552. The monoisotopic (exact) mass is 514 g/mol. The maximum Gasteiger partial charge on any atom is 1.00 e. The predicted octanol–water partition coefficient (Wildman–Crippen LogP) is -0.976. The number of aliphatic hydroxyl groups is 1. The summed E-state index contributed by atoms with van der Waals surface area (Å²) in [6.45, 7) is 13.9. The molecule has 0 saturated carbocycles. The second-order valence-corrected chi connectivity index (χ2v) is 11.1. The Bertz CT molecular complexity index is 679. The molecular weight excluding hydrogens is 470 g/mol. The minimum absolute atomic E-state index is 0. The molecule has 0 aromatic rings. The van der Waals surface area contributed by atoms with E-state index in [4.69, 9.17) is 19.3 Å². The molecule has 2 aliphatic rings. The Balaban J connectivity index is -0.000000542. The van der Waals surface area contributed by atoms with Crippen LogP contribution >= 0.6 is 12.6 Å². The number of hydrogen-bond acceptors (Lipinski definition) is 8. The number of carbonyl (C=O) groups excluding carboxylic acids is 3. The summed E-state index contributed by atoms with van der Waals surface area (Å²) in [5.74, 6) is -0.0909. The average Bonchev–Trinajstić information content (AvgIpc) is 3.21. The fourth-order valence-electron chi connectivity index (χ4n) is 3.54. The van der Waals surface area contributed by atoms with Crippen LogP contribution in [0, 0.1) is 5.92 Å². The second-order valence-electron chi connectivity index (χ2n) is 10.4. The summed E-state index contributed by atoms with van der Waals surface area (Å²) in [6, 6.07) is -0.660. The van der Waals surface area contributed by atoms with Crippen LogP contribution in [0.2, 0.25) is 0 Å². The van der Waals surface area contributed by atoms with Crippen LogP contribution in [0.25, 0.3) is 0 Å². The topological polar surface area (TPSA) is 106 Å². The van der Waals surface area contributed by atoms with Gasteiger partial charge in [-0.1, -0.05) is 6.92 Å². The van der Waals surface area contributed by atoms with Crippen LogP contribution in [0.5, 0.6) is 0 Å². The van der Waals surface area contributed by atoms with E-state index in [2.05, 4.69) is 12.6 Å². The fraction of sp³-hybridized carbons (Fsp3) is 0.864. The second kappa shape index (κ2) is 14.9. The number of likely N-dealkylation sites (tertiary alicyclic amines) is 2. The molecule has 9 nitrogen and oxygen atoms in total. The van der Waals surface area contributed by atoms with E-state index in [1.54, 1.807) is 25.7 Å². The van der Waals surface area contributed by atoms with E-state index in [9.17, 15) is 14.4 Å². The number of nitrogens with zero attached hydrogens (tertiary/aromatic N) is 2. The first kappa shape index (κ1) is 35.6. The number of ether oxygens (including phenoxy) is 3. The van der Waals surface area contributed by atoms with Gasteiger partial charge in [0.15, 0.2) is 17.4 Å². The molecule has 4 atom stereocenters. The Labute approximate surface area is 233 Å². The Morgan fingerprint density at radius 2 is 1.44 bits per heavy atom. The largest absolute Gasteiger partial charge is 1.00 e. The molecule has 0 aromatic heterocycles. The molecule has 0 bridgehead atoms. The van der Waals surface area contributed by atoms with Gasteiger partial charge in [-0.25, -0.2) is 14.4 Å². The molecule has 2 amide bonds. The van der Waals surface area contributed by atoms with Crippen molar-refractivity contribution < 1.29 is 54.0 Å². The Morgan fingerprint density at radius 3 is 1.85 bits per heavy atom. The van der Waals surface area contributed by atoms with Gasteiger partial charge in [0.2, 0.25) is 0 Å². The van der Waals surface area contributed by atoms with Crippen molar-refractivity contribution in [3.63, 3.8) is 0 Å². The molecule has 194 valence electrons. The number of esters is 1. The normalized spacial score (nSPS) is 24.2. The zero-order chi connectivity index (χ0) is 24.9. The van der Waals surface area contributed by atoms with Crippen molar-refractivity contribution in [3.05, 3.63) is 0 Å². The van der Waals surface area contributed by atoms with E-state index in [0.29, 0.717) is 19.5 Å². The smallest absolute Gasteiger partial charge is 1.00 e. The zero-order valence-electron chi connectivity index (χ0n) is 22.6. The van der Waals surface area contributed by atoms with Crippen LogP contribution in [0.3, 0.4) is 0 Å². The van der Waals surface area contributed by atoms with Gasteiger partial charge >= 0.3 is 37.0 Å². The summed E-state index contributed by atoms with van der Waals surface area (Å²) in [5.41, 5.74) is -1.05. The van der Waals surface area contributed by atoms with Crippen molar-refractivity contribution >= 4 is 48.1 Å². The molecule has 0 aromatic carbocycles. The molecule has 2 aliphatic heterocycles. The van der Waals surface area contributed by atoms with Gasteiger partial charge in [0.05, 0.1) is 19.8 Å². The maximum atomic E-state index is 11.9. The molecule has 0 unspecified atom stereocenters. The summed E-state index contributed by atoms with van der Waals surface area (Å²) in [7, 11) is 1.33.